The smallest absolute Gasteiger partial charge is 0.293 e. The molecule has 12 amide bonds. The van der Waals surface area contributed by atoms with E-state index in [-0.39, 0.29) is 87.6 Å². The lowest BCUT2D eigenvalue weighted by Crippen LogP contribution is -2.59. The summed E-state index contributed by atoms with van der Waals surface area (Å²) >= 11 is 0.873. The Morgan fingerprint density at radius 3 is 1.56 bits per heavy atom. The van der Waals surface area contributed by atoms with Gasteiger partial charge in [0.15, 0.2) is 11.6 Å². The first-order valence-corrected chi connectivity index (χ1v) is 45.2. The molecule has 1 aliphatic heterocycles. The Morgan fingerprint density at radius 2 is 0.992 bits per heavy atom. The van der Waals surface area contributed by atoms with E-state index in [0.717, 1.165) is 32.0 Å². The molecule has 0 radical (unpaired) electrons. The number of hydrogen-bond acceptors (Lipinski definition) is 21. The number of unbranched alkanes of at least 4 members (excludes halogenated alkanes) is 1. The molecule has 0 saturated carbocycles. The van der Waals surface area contributed by atoms with Crippen LogP contribution in [0, 0.1) is 23.7 Å². The molecular weight excluding hydrogens is 1700 g/mol. The number of para-hydroxylation sites is 1. The normalized spacial score (nSPS) is 21.9. The monoisotopic (exact) mass is 1820 g/mol. The lowest BCUT2D eigenvalue weighted by Gasteiger charge is -2.37. The second kappa shape index (κ2) is 50.7. The van der Waals surface area contributed by atoms with Gasteiger partial charge in [-0.2, -0.15) is 0 Å². The van der Waals surface area contributed by atoms with Crippen molar-refractivity contribution in [2.75, 3.05) is 66.4 Å². The molecule has 0 aliphatic carbocycles. The van der Waals surface area contributed by atoms with Gasteiger partial charge < -0.3 is 87.8 Å². The van der Waals surface area contributed by atoms with Crippen LogP contribution in [0.5, 0.6) is 11.5 Å². The number of Topliss-reactive ketones (excluding diaryl/α,β-unsaturated/α-hetero) is 3. The van der Waals surface area contributed by atoms with E-state index in [1.54, 1.807) is 143 Å². The van der Waals surface area contributed by atoms with Crippen LogP contribution in [0.4, 0.5) is 0 Å². The van der Waals surface area contributed by atoms with Gasteiger partial charge in [0.1, 0.15) is 72.2 Å². The lowest BCUT2D eigenvalue weighted by atomic mass is 9.84. The molecule has 1 fully saturated rings. The number of H-pyrrole nitrogens is 1. The Hall–Kier alpha value is -13.1. The first-order valence-electron chi connectivity index (χ1n) is 44.0. The van der Waals surface area contributed by atoms with E-state index in [2.05, 4.69) is 36.9 Å². The molecule has 131 heavy (non-hydrogen) atoms. The van der Waals surface area contributed by atoms with E-state index in [1.807, 2.05) is 6.92 Å². The fourth-order valence-electron chi connectivity index (χ4n) is 15.8. The summed E-state index contributed by atoms with van der Waals surface area (Å²) in [4.78, 5) is 245. The quantitative estimate of drug-likeness (QED) is 0.0321. The summed E-state index contributed by atoms with van der Waals surface area (Å²) in [6, 6.07) is 29.9. The predicted molar refractivity (Wildman–Crippen MR) is 493 cm³/mol. The van der Waals surface area contributed by atoms with Gasteiger partial charge in [-0.05, 0) is 94.0 Å². The first kappa shape index (κ1) is 103. The number of carbonyl (C=O) groups excluding carboxylic acids is 16. The van der Waals surface area contributed by atoms with E-state index in [9.17, 15) is 43.8 Å². The number of benzene rings is 6. The number of nitrogens with two attached hydrogens (primary N) is 2. The zero-order valence-corrected chi connectivity index (χ0v) is 76.8. The third kappa shape index (κ3) is 31.3. The van der Waals surface area contributed by atoms with Crippen molar-refractivity contribution in [2.45, 2.75) is 185 Å². The van der Waals surface area contributed by atoms with Crippen molar-refractivity contribution in [1.29, 1.82) is 0 Å². The van der Waals surface area contributed by atoms with Crippen molar-refractivity contribution in [1.82, 2.24) is 61.4 Å². The van der Waals surface area contributed by atoms with E-state index in [1.165, 1.54) is 93.6 Å². The highest BCUT2D eigenvalue weighted by Crippen LogP contribution is 2.28. The Balaban J connectivity index is 1.22. The molecule has 1 saturated heterocycles. The second-order valence-corrected chi connectivity index (χ2v) is 35.3. The Labute approximate surface area is 767 Å². The molecule has 6 aromatic carbocycles. The summed E-state index contributed by atoms with van der Waals surface area (Å²) in [6.45, 7) is 7.03. The molecule has 0 unspecified atom stereocenters. The molecule has 8 rings (SSSR count). The zero-order valence-electron chi connectivity index (χ0n) is 75.9. The number of fused-ring (bicyclic) bond motifs is 1. The minimum absolute atomic E-state index is 0.0697. The minimum atomic E-state index is -1.58. The van der Waals surface area contributed by atoms with Crippen LogP contribution < -0.4 is 43.4 Å². The predicted octanol–water partition coefficient (Wildman–Crippen LogP) is 4.90. The van der Waals surface area contributed by atoms with Gasteiger partial charge in [0, 0.05) is 135 Å². The van der Waals surface area contributed by atoms with E-state index in [4.69, 9.17) is 16.2 Å². The van der Waals surface area contributed by atoms with Gasteiger partial charge in [0.2, 0.25) is 70.9 Å². The van der Waals surface area contributed by atoms with Gasteiger partial charge >= 0.3 is 0 Å². The molecule has 11 atom stereocenters. The van der Waals surface area contributed by atoms with Crippen LogP contribution in [0.3, 0.4) is 0 Å². The first-order chi connectivity index (χ1) is 62.4. The van der Waals surface area contributed by atoms with Gasteiger partial charge in [-0.3, -0.25) is 76.7 Å². The third-order valence-electron chi connectivity index (χ3n) is 23.3. The van der Waals surface area contributed by atoms with Crippen molar-refractivity contribution in [2.24, 2.45) is 35.1 Å². The maximum atomic E-state index is 15.6. The number of amides is 12. The highest BCUT2D eigenvalue weighted by atomic mass is 32.2. The van der Waals surface area contributed by atoms with Crippen LogP contribution >= 0.6 is 11.8 Å². The largest absolute Gasteiger partial charge is 0.508 e. The number of aromatic nitrogens is 1. The number of phenols is 2. The van der Waals surface area contributed by atoms with Gasteiger partial charge in [0.25, 0.3) is 6.47 Å². The summed E-state index contributed by atoms with van der Waals surface area (Å²) in [6.07, 6.45) is -0.629. The Kier molecular flexibility index (Phi) is 40.0. The van der Waals surface area contributed by atoms with Crippen molar-refractivity contribution in [3.63, 3.8) is 0 Å². The number of ether oxygens (including phenoxy) is 1. The number of likely N-dealkylation sites (N-methyl/N-ethyl adjacent to an activating group) is 5. The number of aromatic hydroxyl groups is 2. The third-order valence-corrected chi connectivity index (χ3v) is 24.4. The Bertz CT molecular complexity index is 5100. The molecule has 1 aliphatic rings. The standard InChI is InChI=1S/C97H124N14O19S/c1-11-12-27-81-96(128)107(6)53-71(115)48-68(55-130-58-112)85(117)50-73(60(4)5)93(125)110(9)82(46-61-21-15-13-16-22-61)92(124)105-78(44-65-34-38-70(114)39-35-65)94(126)108(7)54-87(119)101-77(49-67-52-100-74-26-20-19-25-72(67)74)91(123)104-76(43-64-32-36-69(113)37-33-64)90(122)103-75(42-59(2)3)89(121)106-80(84(116)40-41-86(99)118)56-131-57-88(120)102-79(45-63-28-30-66(51-98)31-29-63)95(127)111(10)83(97(129)109(81)8)47-62-23-17-14-18-24-62/h13-26,28-39,52,58-60,68,73,75-83,100,113-114H,11-12,27,40-51,53-57,98H2,1-10H3,(H2,99,118)(H,101,119)(H,102,120)(H,103,122)(H,104,123)(H,105,124)(H,106,121)/t68-,73-,75-,76-,77-,78-,79-,80-,81-,82-,83-/m0/s1. The molecule has 34 heteroatoms. The molecule has 1 aromatic heterocycles. The number of rotatable bonds is 26. The number of thioether (sulfide) groups is 1. The molecule has 0 spiro atoms. The van der Waals surface area contributed by atoms with Crippen molar-refractivity contribution in [3.8, 4) is 11.5 Å². The number of phenolic OH excluding ortho intramolecular Hbond substituents is 2. The fourth-order valence-corrected chi connectivity index (χ4v) is 16.6. The van der Waals surface area contributed by atoms with E-state index < -0.39 is 211 Å². The summed E-state index contributed by atoms with van der Waals surface area (Å²) in [5, 5.41) is 38.2. The van der Waals surface area contributed by atoms with Crippen LogP contribution in [0.25, 0.3) is 10.9 Å². The number of carbonyl (C=O) groups is 16. The van der Waals surface area contributed by atoms with Crippen molar-refractivity contribution < 1.29 is 91.7 Å². The van der Waals surface area contributed by atoms with Gasteiger partial charge in [-0.15, -0.1) is 11.8 Å². The number of hydrogen-bond donors (Lipinski definition) is 11. The Morgan fingerprint density at radius 1 is 0.504 bits per heavy atom. The highest BCUT2D eigenvalue weighted by molar-refractivity contribution is 8.00. The molecule has 702 valence electrons. The molecule has 33 nitrogen and oxygen atoms in total. The summed E-state index contributed by atoms with van der Waals surface area (Å²) in [5.41, 5.74) is 16.1. The average molecular weight is 1820 g/mol. The molecule has 7 aromatic rings. The highest BCUT2D eigenvalue weighted by Gasteiger charge is 2.42. The molecule has 0 bridgehead atoms. The molecule has 13 N–H and O–H groups in total. The van der Waals surface area contributed by atoms with Crippen molar-refractivity contribution in [3.05, 3.63) is 203 Å². The maximum Gasteiger partial charge on any atom is 0.293 e. The van der Waals surface area contributed by atoms with Gasteiger partial charge in [-0.1, -0.05) is 175 Å². The zero-order chi connectivity index (χ0) is 95.7. The van der Waals surface area contributed by atoms with Crippen LogP contribution in [0.1, 0.15) is 125 Å². The van der Waals surface area contributed by atoms with Crippen LogP contribution in [-0.2, 0) is 127 Å². The maximum absolute atomic E-state index is 15.6. The van der Waals surface area contributed by atoms with Crippen LogP contribution in [0.2, 0.25) is 0 Å². The van der Waals surface area contributed by atoms with Gasteiger partial charge in [0.05, 0.1) is 30.8 Å². The van der Waals surface area contributed by atoms with E-state index in [0.29, 0.717) is 57.1 Å². The van der Waals surface area contributed by atoms with Crippen LogP contribution in [-0.4, -0.2) is 255 Å². The number of nitrogens with one attached hydrogen (secondary N) is 7. The van der Waals surface area contributed by atoms with Gasteiger partial charge in [-0.25, -0.2) is 0 Å². The number of ketones is 3. The SMILES string of the molecule is CCCC[C@H]1C(=O)N(C)CC(=O)C[C@@H](COC=O)C(=O)C[C@@H](C(C)C)C(=O)N(C)[C@@H](Cc2ccccc2)C(=O)N[C@@H](Cc2ccc(O)cc2)C(=O)N(C)CC(=O)N[C@@H](Cc2c[nH]c3ccccc23)C(=O)N[C@@H](Cc2ccc(O)cc2)C(=O)N[C@@H](CC(C)C)C(=O)N[C@H](C(=O)CCC(N)=O)CSCC(=O)N[C@@H](Cc2ccc(CN)cc2)C(=O)N(C)[C@@H](Cc2ccccc2)C(=O)N1C. The topological polar surface area (TPSA) is 479 Å². The molecular formula is C97H124N14O19S. The van der Waals surface area contributed by atoms with Crippen LogP contribution in [0.15, 0.2) is 164 Å². The minimum Gasteiger partial charge on any atom is -0.508 e. The number of primary amides is 1. The van der Waals surface area contributed by atoms with Crippen molar-refractivity contribution >= 4 is 117 Å². The summed E-state index contributed by atoms with van der Waals surface area (Å²) in [5.74, 6) is -16.4. The summed E-state index contributed by atoms with van der Waals surface area (Å²) in [7, 11) is 6.80. The average Bonchev–Trinajstić information content (AvgIpc) is 1.79. The second-order valence-electron chi connectivity index (χ2n) is 34.3. The summed E-state index contributed by atoms with van der Waals surface area (Å²) < 4.78 is 5.16. The van der Waals surface area contributed by atoms with E-state index >= 15 is 43.2 Å². The number of nitrogens with zero attached hydrogens (tertiary/aromatic N) is 5. The number of aromatic amines is 1. The molecule has 2 heterocycles. The lowest BCUT2D eigenvalue weighted by molar-refractivity contribution is -0.151. The fraction of sp³-hybridized carbons (Fsp3) is 0.443.